The van der Waals surface area contributed by atoms with Gasteiger partial charge in [0, 0.05) is 6.54 Å². The van der Waals surface area contributed by atoms with Crippen LogP contribution in [0.4, 0.5) is 5.95 Å². The lowest BCUT2D eigenvalue weighted by Gasteiger charge is -2.09. The summed E-state index contributed by atoms with van der Waals surface area (Å²) in [5.41, 5.74) is 6.87. The zero-order valence-corrected chi connectivity index (χ0v) is 11.1. The van der Waals surface area contributed by atoms with Crippen molar-refractivity contribution in [1.29, 1.82) is 0 Å². The number of nitrogens with two attached hydrogens (primary N) is 1. The SMILES string of the molecule is Cc1ccc(CN)cc1S(=O)(=O)Nc1nccnn1. The number of aryl methyl sites for hydroxylation is 1. The Labute approximate surface area is 110 Å². The summed E-state index contributed by atoms with van der Waals surface area (Å²) in [6, 6.07) is 5.03. The molecule has 0 radical (unpaired) electrons. The summed E-state index contributed by atoms with van der Waals surface area (Å²) in [7, 11) is -3.75. The van der Waals surface area contributed by atoms with Crippen molar-refractivity contribution in [2.75, 3.05) is 4.72 Å². The van der Waals surface area contributed by atoms with Crippen molar-refractivity contribution in [1.82, 2.24) is 15.2 Å². The van der Waals surface area contributed by atoms with Crippen molar-refractivity contribution in [2.45, 2.75) is 18.4 Å². The van der Waals surface area contributed by atoms with Crippen LogP contribution >= 0.6 is 0 Å². The van der Waals surface area contributed by atoms with Crippen LogP contribution in [0, 0.1) is 6.92 Å². The maximum Gasteiger partial charge on any atom is 0.264 e. The summed E-state index contributed by atoms with van der Waals surface area (Å²) < 4.78 is 26.7. The normalized spacial score (nSPS) is 11.3. The van der Waals surface area contributed by atoms with E-state index in [1.165, 1.54) is 18.5 Å². The van der Waals surface area contributed by atoms with Crippen LogP contribution in [0.5, 0.6) is 0 Å². The predicted octanol–water partition coefficient (Wildman–Crippen LogP) is 0.440. The van der Waals surface area contributed by atoms with E-state index in [1.54, 1.807) is 19.1 Å². The van der Waals surface area contributed by atoms with Gasteiger partial charge in [-0.1, -0.05) is 12.1 Å². The Kier molecular flexibility index (Phi) is 3.72. The second-order valence-electron chi connectivity index (χ2n) is 3.88. The number of benzene rings is 1. The van der Waals surface area contributed by atoms with E-state index in [0.29, 0.717) is 5.56 Å². The van der Waals surface area contributed by atoms with Crippen LogP contribution in [0.25, 0.3) is 0 Å². The predicted molar refractivity (Wildman–Crippen MR) is 69.7 cm³/mol. The summed E-state index contributed by atoms with van der Waals surface area (Å²) in [6.45, 7) is 1.98. The van der Waals surface area contributed by atoms with Crippen molar-refractivity contribution >= 4 is 16.0 Å². The average Bonchev–Trinajstić information content (AvgIpc) is 2.39. The van der Waals surface area contributed by atoms with E-state index < -0.39 is 10.0 Å². The van der Waals surface area contributed by atoms with Gasteiger partial charge in [0.1, 0.15) is 0 Å². The molecule has 0 fully saturated rings. The highest BCUT2D eigenvalue weighted by Crippen LogP contribution is 2.18. The van der Waals surface area contributed by atoms with Gasteiger partial charge in [0.15, 0.2) is 0 Å². The number of anilines is 1. The number of nitrogens with one attached hydrogen (secondary N) is 1. The van der Waals surface area contributed by atoms with Crippen molar-refractivity contribution < 1.29 is 8.42 Å². The zero-order valence-electron chi connectivity index (χ0n) is 10.2. The standard InChI is InChI=1S/C11H13N5O2S/c1-8-2-3-9(7-12)6-10(8)19(17,18)16-11-13-4-5-14-15-11/h2-6H,7,12H2,1H3,(H,13,15,16). The molecule has 0 atom stereocenters. The molecule has 19 heavy (non-hydrogen) atoms. The van der Waals surface area contributed by atoms with Crippen molar-refractivity contribution in [2.24, 2.45) is 5.73 Å². The number of aromatic nitrogens is 3. The topological polar surface area (TPSA) is 111 Å². The second-order valence-corrected chi connectivity index (χ2v) is 5.53. The second kappa shape index (κ2) is 5.29. The van der Waals surface area contributed by atoms with Crippen molar-refractivity contribution in [3.63, 3.8) is 0 Å². The Hall–Kier alpha value is -2.06. The van der Waals surface area contributed by atoms with Crippen LogP contribution in [0.2, 0.25) is 0 Å². The monoisotopic (exact) mass is 279 g/mol. The van der Waals surface area contributed by atoms with Crippen LogP contribution in [0.3, 0.4) is 0 Å². The first kappa shape index (κ1) is 13.4. The van der Waals surface area contributed by atoms with E-state index in [0.717, 1.165) is 5.56 Å². The maximum atomic E-state index is 12.2. The number of sulfonamides is 1. The lowest BCUT2D eigenvalue weighted by molar-refractivity contribution is 0.600. The molecule has 0 saturated carbocycles. The third-order valence-electron chi connectivity index (χ3n) is 2.49. The molecule has 0 bridgehead atoms. The first-order valence-corrected chi connectivity index (χ1v) is 6.97. The van der Waals surface area contributed by atoms with Gasteiger partial charge in [-0.05, 0) is 24.1 Å². The van der Waals surface area contributed by atoms with Crippen LogP contribution in [0.1, 0.15) is 11.1 Å². The van der Waals surface area contributed by atoms with Gasteiger partial charge < -0.3 is 5.73 Å². The van der Waals surface area contributed by atoms with Gasteiger partial charge in [-0.15, -0.1) is 5.10 Å². The third-order valence-corrected chi connectivity index (χ3v) is 3.96. The Morgan fingerprint density at radius 2 is 2.11 bits per heavy atom. The molecule has 1 aromatic carbocycles. The molecule has 0 spiro atoms. The summed E-state index contributed by atoms with van der Waals surface area (Å²) >= 11 is 0. The minimum Gasteiger partial charge on any atom is -0.326 e. The molecule has 8 heteroatoms. The first-order valence-electron chi connectivity index (χ1n) is 5.49. The maximum absolute atomic E-state index is 12.2. The summed E-state index contributed by atoms with van der Waals surface area (Å²) in [6.07, 6.45) is 2.71. The smallest absolute Gasteiger partial charge is 0.264 e. The van der Waals surface area contributed by atoms with E-state index in [1.807, 2.05) is 0 Å². The molecule has 7 nitrogen and oxygen atoms in total. The molecule has 1 heterocycles. The summed E-state index contributed by atoms with van der Waals surface area (Å²) in [4.78, 5) is 3.93. The van der Waals surface area contributed by atoms with Gasteiger partial charge in [-0.2, -0.15) is 5.10 Å². The molecule has 100 valence electrons. The van der Waals surface area contributed by atoms with Crippen LogP contribution in [0.15, 0.2) is 35.5 Å². The highest BCUT2D eigenvalue weighted by molar-refractivity contribution is 7.92. The molecule has 0 aliphatic rings. The lowest BCUT2D eigenvalue weighted by Crippen LogP contribution is -2.17. The zero-order chi connectivity index (χ0) is 13.9. The molecule has 2 aromatic rings. The molecule has 2 rings (SSSR count). The van der Waals surface area contributed by atoms with Crippen LogP contribution in [-0.2, 0) is 16.6 Å². The minimum atomic E-state index is -3.75. The average molecular weight is 279 g/mol. The van der Waals surface area contributed by atoms with Crippen molar-refractivity contribution in [3.8, 4) is 0 Å². The van der Waals surface area contributed by atoms with Gasteiger partial charge in [-0.25, -0.2) is 18.1 Å². The fourth-order valence-electron chi connectivity index (χ4n) is 1.53. The number of hydrogen-bond acceptors (Lipinski definition) is 6. The van der Waals surface area contributed by atoms with Gasteiger partial charge in [-0.3, -0.25) is 0 Å². The molecule has 3 N–H and O–H groups in total. The Morgan fingerprint density at radius 1 is 1.32 bits per heavy atom. The largest absolute Gasteiger partial charge is 0.326 e. The fourth-order valence-corrected chi connectivity index (χ4v) is 2.77. The number of nitrogens with zero attached hydrogens (tertiary/aromatic N) is 3. The van der Waals surface area contributed by atoms with E-state index in [2.05, 4.69) is 19.9 Å². The number of hydrogen-bond donors (Lipinski definition) is 2. The Balaban J connectivity index is 2.39. The Bertz CT molecular complexity index is 673. The van der Waals surface area contributed by atoms with E-state index >= 15 is 0 Å². The van der Waals surface area contributed by atoms with Gasteiger partial charge in [0.25, 0.3) is 16.0 Å². The molecule has 0 unspecified atom stereocenters. The fraction of sp³-hybridized carbons (Fsp3) is 0.182. The van der Waals surface area contributed by atoms with Gasteiger partial charge in [0.05, 0.1) is 17.3 Å². The Morgan fingerprint density at radius 3 is 2.74 bits per heavy atom. The molecule has 0 aliphatic heterocycles. The van der Waals surface area contributed by atoms with E-state index in [9.17, 15) is 8.42 Å². The highest BCUT2D eigenvalue weighted by atomic mass is 32.2. The first-order chi connectivity index (χ1) is 9.03. The van der Waals surface area contributed by atoms with Crippen LogP contribution < -0.4 is 10.5 Å². The third kappa shape index (κ3) is 3.04. The lowest BCUT2D eigenvalue weighted by atomic mass is 10.1. The van der Waals surface area contributed by atoms with E-state index in [4.69, 9.17) is 5.73 Å². The molecule has 0 aliphatic carbocycles. The molecule has 0 saturated heterocycles. The summed E-state index contributed by atoms with van der Waals surface area (Å²) in [5.74, 6) is -0.0694. The molecular weight excluding hydrogens is 266 g/mol. The van der Waals surface area contributed by atoms with Crippen LogP contribution in [-0.4, -0.2) is 23.6 Å². The van der Waals surface area contributed by atoms with Crippen molar-refractivity contribution in [3.05, 3.63) is 41.7 Å². The van der Waals surface area contributed by atoms with Gasteiger partial charge >= 0.3 is 0 Å². The highest BCUT2D eigenvalue weighted by Gasteiger charge is 2.18. The molecule has 0 amide bonds. The molecular formula is C11H13N5O2S. The minimum absolute atomic E-state index is 0.0694. The summed E-state index contributed by atoms with van der Waals surface area (Å²) in [5, 5.41) is 7.14. The molecule has 1 aromatic heterocycles. The number of rotatable bonds is 4. The van der Waals surface area contributed by atoms with Gasteiger partial charge in [0.2, 0.25) is 0 Å². The van der Waals surface area contributed by atoms with E-state index in [-0.39, 0.29) is 17.4 Å². The quantitative estimate of drug-likeness (QED) is 0.840.